The number of amides is 1. The van der Waals surface area contributed by atoms with Crippen LogP contribution in [0.15, 0.2) is 48.5 Å². The molecular formula is C18H15NO3. The lowest BCUT2D eigenvalue weighted by Crippen LogP contribution is -2.11. The van der Waals surface area contributed by atoms with Crippen LogP contribution in [-0.2, 0) is 9.53 Å². The lowest BCUT2D eigenvalue weighted by molar-refractivity contribution is -0.114. The van der Waals surface area contributed by atoms with Crippen LogP contribution in [0.2, 0.25) is 0 Å². The summed E-state index contributed by atoms with van der Waals surface area (Å²) in [5.74, 6) is 5.21. The summed E-state index contributed by atoms with van der Waals surface area (Å²) in [4.78, 5) is 23.2. The molecular weight excluding hydrogens is 278 g/mol. The standard InChI is InChI=1S/C18H15NO3/c1-13(20)19-17-10-6-9-16(18(21)22-2)15(17)12-11-14-7-4-3-5-8-14/h3-10H,1-2H3,(H,19,20). The van der Waals surface area contributed by atoms with Gasteiger partial charge in [-0.2, -0.15) is 0 Å². The fourth-order valence-corrected chi connectivity index (χ4v) is 1.92. The van der Waals surface area contributed by atoms with Gasteiger partial charge in [0.25, 0.3) is 0 Å². The zero-order valence-electron chi connectivity index (χ0n) is 12.3. The summed E-state index contributed by atoms with van der Waals surface area (Å²) >= 11 is 0. The highest BCUT2D eigenvalue weighted by molar-refractivity contribution is 5.98. The van der Waals surface area contributed by atoms with Gasteiger partial charge in [-0.25, -0.2) is 4.79 Å². The minimum atomic E-state index is -0.496. The third-order valence-electron chi connectivity index (χ3n) is 2.89. The molecule has 0 radical (unpaired) electrons. The van der Waals surface area contributed by atoms with Crippen LogP contribution >= 0.6 is 0 Å². The number of methoxy groups -OCH3 is 1. The van der Waals surface area contributed by atoms with Crippen LogP contribution in [0.3, 0.4) is 0 Å². The van der Waals surface area contributed by atoms with Crippen LogP contribution in [0.1, 0.15) is 28.4 Å². The predicted octanol–water partition coefficient (Wildman–Crippen LogP) is 2.83. The second-order valence-corrected chi connectivity index (χ2v) is 4.52. The van der Waals surface area contributed by atoms with Gasteiger partial charge in [-0.3, -0.25) is 4.79 Å². The second-order valence-electron chi connectivity index (χ2n) is 4.52. The van der Waals surface area contributed by atoms with E-state index in [1.54, 1.807) is 18.2 Å². The molecule has 0 aromatic heterocycles. The molecule has 4 nitrogen and oxygen atoms in total. The van der Waals surface area contributed by atoms with Crippen molar-refractivity contribution < 1.29 is 14.3 Å². The summed E-state index contributed by atoms with van der Waals surface area (Å²) in [6, 6.07) is 14.4. The lowest BCUT2D eigenvalue weighted by Gasteiger charge is -2.09. The Labute approximate surface area is 129 Å². The first kappa shape index (κ1) is 15.3. The van der Waals surface area contributed by atoms with Crippen molar-refractivity contribution >= 4 is 17.6 Å². The quantitative estimate of drug-likeness (QED) is 0.684. The molecule has 1 N–H and O–H groups in total. The number of hydrogen-bond acceptors (Lipinski definition) is 3. The van der Waals surface area contributed by atoms with E-state index in [2.05, 4.69) is 17.2 Å². The van der Waals surface area contributed by atoms with Gasteiger partial charge < -0.3 is 10.1 Å². The molecule has 2 aromatic rings. The molecule has 0 atom stereocenters. The molecule has 1 amide bonds. The molecule has 0 unspecified atom stereocenters. The number of benzene rings is 2. The Balaban J connectivity index is 2.53. The average Bonchev–Trinajstić information content (AvgIpc) is 2.53. The zero-order chi connectivity index (χ0) is 15.9. The second kappa shape index (κ2) is 7.09. The van der Waals surface area contributed by atoms with Crippen molar-refractivity contribution in [2.45, 2.75) is 6.92 Å². The molecule has 0 spiro atoms. The van der Waals surface area contributed by atoms with Gasteiger partial charge in [-0.05, 0) is 24.3 Å². The van der Waals surface area contributed by atoms with E-state index in [0.717, 1.165) is 5.56 Å². The minimum Gasteiger partial charge on any atom is -0.465 e. The Morgan fingerprint density at radius 2 is 1.73 bits per heavy atom. The van der Waals surface area contributed by atoms with E-state index in [1.807, 2.05) is 30.3 Å². The molecule has 0 saturated carbocycles. The minimum absolute atomic E-state index is 0.232. The number of nitrogens with one attached hydrogen (secondary N) is 1. The molecule has 22 heavy (non-hydrogen) atoms. The highest BCUT2D eigenvalue weighted by atomic mass is 16.5. The van der Waals surface area contributed by atoms with E-state index in [1.165, 1.54) is 14.0 Å². The molecule has 2 aromatic carbocycles. The van der Waals surface area contributed by atoms with Gasteiger partial charge in [0.1, 0.15) is 0 Å². The van der Waals surface area contributed by atoms with Crippen molar-refractivity contribution in [3.05, 3.63) is 65.2 Å². The molecule has 0 aliphatic heterocycles. The van der Waals surface area contributed by atoms with Crippen LogP contribution in [0.4, 0.5) is 5.69 Å². The third kappa shape index (κ3) is 3.74. The summed E-state index contributed by atoms with van der Waals surface area (Å²) < 4.78 is 4.77. The first-order valence-corrected chi connectivity index (χ1v) is 6.68. The highest BCUT2D eigenvalue weighted by Gasteiger charge is 2.14. The number of rotatable bonds is 2. The SMILES string of the molecule is COC(=O)c1cccc(NC(C)=O)c1C#Cc1ccccc1. The van der Waals surface area contributed by atoms with Gasteiger partial charge in [0.05, 0.1) is 23.9 Å². The van der Waals surface area contributed by atoms with Crippen LogP contribution < -0.4 is 5.32 Å². The zero-order valence-corrected chi connectivity index (χ0v) is 12.3. The normalized spacial score (nSPS) is 9.36. The third-order valence-corrected chi connectivity index (χ3v) is 2.89. The summed E-state index contributed by atoms with van der Waals surface area (Å²) in [6.07, 6.45) is 0. The van der Waals surface area contributed by atoms with E-state index < -0.39 is 5.97 Å². The number of carbonyl (C=O) groups is 2. The van der Waals surface area contributed by atoms with E-state index >= 15 is 0 Å². The van der Waals surface area contributed by atoms with Crippen molar-refractivity contribution in [2.75, 3.05) is 12.4 Å². The van der Waals surface area contributed by atoms with E-state index in [-0.39, 0.29) is 5.91 Å². The monoisotopic (exact) mass is 293 g/mol. The molecule has 0 saturated heterocycles. The Morgan fingerprint density at radius 3 is 2.36 bits per heavy atom. The van der Waals surface area contributed by atoms with Crippen LogP contribution in [0, 0.1) is 11.8 Å². The molecule has 0 aliphatic rings. The molecule has 0 aliphatic carbocycles. The largest absolute Gasteiger partial charge is 0.465 e. The van der Waals surface area contributed by atoms with Gasteiger partial charge in [0.2, 0.25) is 5.91 Å². The maximum Gasteiger partial charge on any atom is 0.339 e. The van der Waals surface area contributed by atoms with Gasteiger partial charge in [0, 0.05) is 12.5 Å². The topological polar surface area (TPSA) is 55.4 Å². The summed E-state index contributed by atoms with van der Waals surface area (Å²) in [6.45, 7) is 1.40. The van der Waals surface area contributed by atoms with E-state index in [4.69, 9.17) is 4.74 Å². The van der Waals surface area contributed by atoms with Gasteiger partial charge >= 0.3 is 5.97 Å². The molecule has 2 rings (SSSR count). The predicted molar refractivity (Wildman–Crippen MR) is 84.5 cm³/mol. The maximum atomic E-state index is 11.9. The van der Waals surface area contributed by atoms with E-state index in [0.29, 0.717) is 16.8 Å². The van der Waals surface area contributed by atoms with Crippen molar-refractivity contribution in [3.63, 3.8) is 0 Å². The maximum absolute atomic E-state index is 11.9. The molecule has 110 valence electrons. The molecule has 0 fully saturated rings. The lowest BCUT2D eigenvalue weighted by atomic mass is 10.0. The number of carbonyl (C=O) groups excluding carboxylic acids is 2. The Hall–Kier alpha value is -3.06. The highest BCUT2D eigenvalue weighted by Crippen LogP contribution is 2.20. The van der Waals surface area contributed by atoms with Crippen molar-refractivity contribution in [1.29, 1.82) is 0 Å². The number of ether oxygens (including phenoxy) is 1. The molecule has 0 heterocycles. The van der Waals surface area contributed by atoms with E-state index in [9.17, 15) is 9.59 Å². The van der Waals surface area contributed by atoms with Crippen LogP contribution in [0.25, 0.3) is 0 Å². The number of esters is 1. The number of anilines is 1. The van der Waals surface area contributed by atoms with Gasteiger partial charge in [0.15, 0.2) is 0 Å². The Kier molecular flexibility index (Phi) is 4.94. The first-order chi connectivity index (χ1) is 10.6. The molecule has 4 heteroatoms. The van der Waals surface area contributed by atoms with Crippen molar-refractivity contribution in [3.8, 4) is 11.8 Å². The van der Waals surface area contributed by atoms with Gasteiger partial charge in [-0.1, -0.05) is 36.1 Å². The van der Waals surface area contributed by atoms with Crippen LogP contribution in [-0.4, -0.2) is 19.0 Å². The fraction of sp³-hybridized carbons (Fsp3) is 0.111. The first-order valence-electron chi connectivity index (χ1n) is 6.68. The average molecular weight is 293 g/mol. The molecule has 0 bridgehead atoms. The van der Waals surface area contributed by atoms with Gasteiger partial charge in [-0.15, -0.1) is 0 Å². The smallest absolute Gasteiger partial charge is 0.339 e. The number of hydrogen-bond donors (Lipinski definition) is 1. The summed E-state index contributed by atoms with van der Waals surface area (Å²) in [5.41, 5.74) is 2.06. The summed E-state index contributed by atoms with van der Waals surface area (Å²) in [5, 5.41) is 2.68. The summed E-state index contributed by atoms with van der Waals surface area (Å²) in [7, 11) is 1.31. The van der Waals surface area contributed by atoms with Crippen molar-refractivity contribution in [2.24, 2.45) is 0 Å². The van der Waals surface area contributed by atoms with Crippen molar-refractivity contribution in [1.82, 2.24) is 0 Å². The Bertz CT molecular complexity index is 755. The Morgan fingerprint density at radius 1 is 1.00 bits per heavy atom. The fourth-order valence-electron chi connectivity index (χ4n) is 1.92. The van der Waals surface area contributed by atoms with Crippen LogP contribution in [0.5, 0.6) is 0 Å².